The van der Waals surface area contributed by atoms with Crippen molar-refractivity contribution in [2.75, 3.05) is 23.7 Å². The fraction of sp³-hybridized carbons (Fsp3) is 0.481. The van der Waals surface area contributed by atoms with Gasteiger partial charge in [-0.15, -0.1) is 0 Å². The predicted molar refractivity (Wildman–Crippen MR) is 152 cm³/mol. The maximum Gasteiger partial charge on any atom is 0.242 e. The summed E-state index contributed by atoms with van der Waals surface area (Å²) in [7, 11) is -3.54. The van der Waals surface area contributed by atoms with E-state index in [1.54, 1.807) is 37.3 Å². The molecule has 0 unspecified atom stereocenters. The van der Waals surface area contributed by atoms with E-state index in [1.807, 2.05) is 26.0 Å². The Hall–Kier alpha value is -2.29. The van der Waals surface area contributed by atoms with Crippen LogP contribution in [0.4, 0.5) is 5.69 Å². The molecule has 10 heteroatoms. The van der Waals surface area contributed by atoms with Crippen LogP contribution in [0.2, 0.25) is 10.0 Å². The Morgan fingerprint density at radius 1 is 1.03 bits per heavy atom. The standard InChI is InChI=1S/C27H37Cl2N3O4S/c1-5-7-16-30-27(34)20(3)31(19-22-12-13-23(28)18-25(22)29)26(33)9-8-17-32(37(4,35)36)24-14-10-21(6-2)11-15-24/h10-15,18,20H,5-9,16-17,19H2,1-4H3,(H,30,34)/t20-/m1/s1. The van der Waals surface area contributed by atoms with Gasteiger partial charge in [-0.2, -0.15) is 0 Å². The molecule has 2 amide bonds. The smallest absolute Gasteiger partial charge is 0.242 e. The molecule has 37 heavy (non-hydrogen) atoms. The Morgan fingerprint density at radius 3 is 2.27 bits per heavy atom. The number of amides is 2. The summed E-state index contributed by atoms with van der Waals surface area (Å²) in [6.07, 6.45) is 4.14. The molecule has 0 radical (unpaired) electrons. The molecule has 0 heterocycles. The number of sulfonamides is 1. The fourth-order valence-corrected chi connectivity index (χ4v) is 5.29. The first-order chi connectivity index (χ1) is 17.5. The molecule has 0 saturated carbocycles. The number of benzene rings is 2. The summed E-state index contributed by atoms with van der Waals surface area (Å²) in [4.78, 5) is 27.6. The first-order valence-corrected chi connectivity index (χ1v) is 15.2. The fourth-order valence-electron chi connectivity index (χ4n) is 3.85. The van der Waals surface area contributed by atoms with Crippen LogP contribution in [-0.4, -0.2) is 50.5 Å². The largest absolute Gasteiger partial charge is 0.354 e. The number of hydrogen-bond donors (Lipinski definition) is 1. The highest BCUT2D eigenvalue weighted by atomic mass is 35.5. The highest BCUT2D eigenvalue weighted by Crippen LogP contribution is 2.24. The maximum atomic E-state index is 13.4. The number of nitrogens with zero attached hydrogens (tertiary/aromatic N) is 2. The van der Waals surface area contributed by atoms with Crippen LogP contribution in [0.1, 0.15) is 57.6 Å². The van der Waals surface area contributed by atoms with Crippen LogP contribution in [0.3, 0.4) is 0 Å². The Bertz CT molecular complexity index is 1160. The van der Waals surface area contributed by atoms with Gasteiger partial charge in [0, 0.05) is 36.1 Å². The molecular formula is C27H37Cl2N3O4S. The molecule has 7 nitrogen and oxygen atoms in total. The van der Waals surface area contributed by atoms with E-state index in [0.717, 1.165) is 31.1 Å². The van der Waals surface area contributed by atoms with E-state index < -0.39 is 16.1 Å². The van der Waals surface area contributed by atoms with Crippen molar-refractivity contribution < 1.29 is 18.0 Å². The van der Waals surface area contributed by atoms with Crippen molar-refractivity contribution in [3.8, 4) is 0 Å². The Balaban J connectivity index is 2.17. The normalized spacial score (nSPS) is 12.2. The summed E-state index contributed by atoms with van der Waals surface area (Å²) >= 11 is 12.4. The van der Waals surface area contributed by atoms with Crippen molar-refractivity contribution in [1.82, 2.24) is 10.2 Å². The number of unbranched alkanes of at least 4 members (excludes halogenated alkanes) is 1. The molecule has 2 aromatic rings. The van der Waals surface area contributed by atoms with E-state index in [9.17, 15) is 18.0 Å². The van der Waals surface area contributed by atoms with Gasteiger partial charge < -0.3 is 10.2 Å². The summed E-state index contributed by atoms with van der Waals surface area (Å²) in [5.74, 6) is -0.514. The lowest BCUT2D eigenvalue weighted by Gasteiger charge is -2.30. The molecule has 2 aromatic carbocycles. The second-order valence-corrected chi connectivity index (χ2v) is 11.8. The molecule has 204 valence electrons. The third kappa shape index (κ3) is 9.51. The van der Waals surface area contributed by atoms with E-state index in [0.29, 0.717) is 27.8 Å². The molecular weight excluding hydrogens is 533 g/mol. The average Bonchev–Trinajstić information content (AvgIpc) is 2.85. The average molecular weight is 571 g/mol. The number of hydrogen-bond acceptors (Lipinski definition) is 4. The lowest BCUT2D eigenvalue weighted by atomic mass is 10.1. The molecule has 0 fully saturated rings. The summed E-state index contributed by atoms with van der Waals surface area (Å²) in [5, 5.41) is 3.76. The van der Waals surface area contributed by atoms with Crippen LogP contribution in [0.5, 0.6) is 0 Å². The van der Waals surface area contributed by atoms with Gasteiger partial charge in [-0.25, -0.2) is 8.42 Å². The molecule has 0 spiro atoms. The van der Waals surface area contributed by atoms with Crippen LogP contribution in [-0.2, 0) is 32.6 Å². The summed E-state index contributed by atoms with van der Waals surface area (Å²) < 4.78 is 26.3. The van der Waals surface area contributed by atoms with E-state index >= 15 is 0 Å². The second-order valence-electron chi connectivity index (χ2n) is 9.04. The SMILES string of the molecule is CCCCNC(=O)[C@@H](C)N(Cc1ccc(Cl)cc1Cl)C(=O)CCCN(c1ccc(CC)cc1)S(C)(=O)=O. The molecule has 0 bridgehead atoms. The van der Waals surface area contributed by atoms with E-state index in [2.05, 4.69) is 5.32 Å². The molecule has 1 N–H and O–H groups in total. The van der Waals surface area contributed by atoms with Crippen molar-refractivity contribution in [2.24, 2.45) is 0 Å². The number of carbonyl (C=O) groups excluding carboxylic acids is 2. The topological polar surface area (TPSA) is 86.8 Å². The van der Waals surface area contributed by atoms with E-state index in [4.69, 9.17) is 23.2 Å². The Morgan fingerprint density at radius 2 is 1.70 bits per heavy atom. The minimum absolute atomic E-state index is 0.0663. The molecule has 2 rings (SSSR count). The monoisotopic (exact) mass is 569 g/mol. The molecule has 0 aromatic heterocycles. The summed E-state index contributed by atoms with van der Waals surface area (Å²) in [6, 6.07) is 11.6. The molecule has 0 aliphatic heterocycles. The molecule has 0 aliphatic carbocycles. The lowest BCUT2D eigenvalue weighted by Crippen LogP contribution is -2.48. The Kier molecular flexibility index (Phi) is 12.2. The number of aryl methyl sites for hydroxylation is 1. The zero-order valence-electron chi connectivity index (χ0n) is 22.0. The summed E-state index contributed by atoms with van der Waals surface area (Å²) in [6.45, 7) is 6.55. The van der Waals surface area contributed by atoms with Gasteiger partial charge in [0.15, 0.2) is 0 Å². The third-order valence-corrected chi connectivity index (χ3v) is 7.92. The van der Waals surface area contributed by atoms with Crippen molar-refractivity contribution >= 4 is 50.7 Å². The lowest BCUT2D eigenvalue weighted by molar-refractivity contribution is -0.140. The zero-order chi connectivity index (χ0) is 27.6. The van der Waals surface area contributed by atoms with E-state index in [1.165, 1.54) is 9.21 Å². The van der Waals surface area contributed by atoms with Crippen LogP contribution in [0.25, 0.3) is 0 Å². The van der Waals surface area contributed by atoms with Gasteiger partial charge in [0.05, 0.1) is 11.9 Å². The zero-order valence-corrected chi connectivity index (χ0v) is 24.3. The number of anilines is 1. The minimum Gasteiger partial charge on any atom is -0.354 e. The molecule has 0 saturated heterocycles. The van der Waals surface area contributed by atoms with Crippen LogP contribution in [0.15, 0.2) is 42.5 Å². The van der Waals surface area contributed by atoms with E-state index in [-0.39, 0.29) is 37.7 Å². The number of carbonyl (C=O) groups is 2. The van der Waals surface area contributed by atoms with Gasteiger partial charge >= 0.3 is 0 Å². The van der Waals surface area contributed by atoms with Crippen molar-refractivity contribution in [3.63, 3.8) is 0 Å². The van der Waals surface area contributed by atoms with Crippen LogP contribution in [0, 0.1) is 0 Å². The van der Waals surface area contributed by atoms with Crippen LogP contribution < -0.4 is 9.62 Å². The van der Waals surface area contributed by atoms with Gasteiger partial charge in [0.25, 0.3) is 0 Å². The van der Waals surface area contributed by atoms with Crippen molar-refractivity contribution in [2.45, 2.75) is 65.5 Å². The van der Waals surface area contributed by atoms with Gasteiger partial charge in [-0.05, 0) is 61.6 Å². The second kappa shape index (κ2) is 14.6. The number of halogens is 2. The van der Waals surface area contributed by atoms with Gasteiger partial charge in [-0.1, -0.05) is 61.7 Å². The van der Waals surface area contributed by atoms with Crippen molar-refractivity contribution in [3.05, 3.63) is 63.6 Å². The van der Waals surface area contributed by atoms with Gasteiger partial charge in [0.2, 0.25) is 21.8 Å². The maximum absolute atomic E-state index is 13.4. The summed E-state index contributed by atoms with van der Waals surface area (Å²) in [5.41, 5.74) is 2.33. The highest BCUT2D eigenvalue weighted by Gasteiger charge is 2.27. The quantitative estimate of drug-likeness (QED) is 0.307. The van der Waals surface area contributed by atoms with Gasteiger partial charge in [0.1, 0.15) is 6.04 Å². The number of nitrogens with one attached hydrogen (secondary N) is 1. The number of rotatable bonds is 14. The molecule has 1 atom stereocenters. The van der Waals surface area contributed by atoms with Crippen LogP contribution >= 0.6 is 23.2 Å². The highest BCUT2D eigenvalue weighted by molar-refractivity contribution is 7.92. The van der Waals surface area contributed by atoms with Gasteiger partial charge in [-0.3, -0.25) is 13.9 Å². The third-order valence-electron chi connectivity index (χ3n) is 6.14. The first kappa shape index (κ1) is 30.9. The molecule has 0 aliphatic rings. The van der Waals surface area contributed by atoms with Crippen molar-refractivity contribution in [1.29, 1.82) is 0 Å². The Labute approximate surface area is 231 Å². The predicted octanol–water partition coefficient (Wildman–Crippen LogP) is 5.44. The first-order valence-electron chi connectivity index (χ1n) is 12.6. The minimum atomic E-state index is -3.54.